The van der Waals surface area contributed by atoms with Gasteiger partial charge in [-0.2, -0.15) is 0 Å². The van der Waals surface area contributed by atoms with Crippen molar-refractivity contribution in [2.45, 2.75) is 44.3 Å². The highest BCUT2D eigenvalue weighted by atomic mass is 32.2. The van der Waals surface area contributed by atoms with Gasteiger partial charge < -0.3 is 10.2 Å². The van der Waals surface area contributed by atoms with Gasteiger partial charge in [0.2, 0.25) is 11.8 Å². The van der Waals surface area contributed by atoms with Crippen molar-refractivity contribution in [3.05, 3.63) is 23.8 Å². The van der Waals surface area contributed by atoms with E-state index >= 15 is 0 Å². The van der Waals surface area contributed by atoms with Crippen molar-refractivity contribution in [1.82, 2.24) is 0 Å². The molecular formula is C17H22N2O2S. The first-order chi connectivity index (χ1) is 10.7. The number of carbonyl (C=O) groups is 2. The summed E-state index contributed by atoms with van der Waals surface area (Å²) < 4.78 is 0. The molecule has 0 saturated heterocycles. The molecule has 0 bridgehead atoms. The van der Waals surface area contributed by atoms with Crippen LogP contribution in [0.4, 0.5) is 11.4 Å². The Balaban J connectivity index is 1.58. The van der Waals surface area contributed by atoms with E-state index in [2.05, 4.69) is 5.32 Å². The third kappa shape index (κ3) is 3.29. The molecule has 1 aromatic carbocycles. The number of nitrogens with one attached hydrogen (secondary N) is 1. The zero-order valence-corrected chi connectivity index (χ0v) is 13.7. The average molecular weight is 318 g/mol. The Kier molecular flexibility index (Phi) is 4.71. The van der Waals surface area contributed by atoms with Gasteiger partial charge in [0.1, 0.15) is 0 Å². The van der Waals surface area contributed by atoms with Crippen LogP contribution >= 0.6 is 11.8 Å². The molecule has 1 aliphatic carbocycles. The number of benzene rings is 1. The standard InChI is InChI=1S/C17H22N2O2S/c1-2-19-15-8-7-13(9-12(15)10-17(19)21)18-16(20)11-22-14-5-3-4-6-14/h7-9,14H,2-6,10-11H2,1H3,(H,18,20). The van der Waals surface area contributed by atoms with Crippen LogP contribution in [0.25, 0.3) is 0 Å². The lowest BCUT2D eigenvalue weighted by atomic mass is 10.1. The summed E-state index contributed by atoms with van der Waals surface area (Å²) in [5.41, 5.74) is 2.78. The summed E-state index contributed by atoms with van der Waals surface area (Å²) in [7, 11) is 0. The van der Waals surface area contributed by atoms with E-state index in [9.17, 15) is 9.59 Å². The fourth-order valence-electron chi connectivity index (χ4n) is 3.25. The lowest BCUT2D eigenvalue weighted by Crippen LogP contribution is -2.25. The molecule has 2 amide bonds. The van der Waals surface area contributed by atoms with Gasteiger partial charge in [0.15, 0.2) is 0 Å². The monoisotopic (exact) mass is 318 g/mol. The SMILES string of the molecule is CCN1C(=O)Cc2cc(NC(=O)CSC3CCCC3)ccc21. The van der Waals surface area contributed by atoms with Gasteiger partial charge in [-0.3, -0.25) is 9.59 Å². The highest BCUT2D eigenvalue weighted by Crippen LogP contribution is 2.32. The van der Waals surface area contributed by atoms with Crippen molar-refractivity contribution >= 4 is 35.0 Å². The third-order valence-electron chi connectivity index (χ3n) is 4.37. The van der Waals surface area contributed by atoms with Crippen molar-refractivity contribution < 1.29 is 9.59 Å². The summed E-state index contributed by atoms with van der Waals surface area (Å²) in [6, 6.07) is 5.75. The molecule has 118 valence electrons. The van der Waals surface area contributed by atoms with Crippen molar-refractivity contribution in [3.8, 4) is 0 Å². The zero-order chi connectivity index (χ0) is 15.5. The summed E-state index contributed by atoms with van der Waals surface area (Å²) in [5.74, 6) is 0.702. The number of rotatable bonds is 5. The number of likely N-dealkylation sites (N-methyl/N-ethyl adjacent to an activating group) is 1. The van der Waals surface area contributed by atoms with Crippen LogP contribution in [0.3, 0.4) is 0 Å². The largest absolute Gasteiger partial charge is 0.325 e. The number of hydrogen-bond donors (Lipinski definition) is 1. The number of amides is 2. The van der Waals surface area contributed by atoms with Crippen LogP contribution < -0.4 is 10.2 Å². The summed E-state index contributed by atoms with van der Waals surface area (Å²) in [6.45, 7) is 2.67. The first kappa shape index (κ1) is 15.4. The van der Waals surface area contributed by atoms with Crippen LogP contribution in [0.5, 0.6) is 0 Å². The van der Waals surface area contributed by atoms with Crippen LogP contribution in [0.2, 0.25) is 0 Å². The Bertz CT molecular complexity index is 582. The molecule has 4 nitrogen and oxygen atoms in total. The second kappa shape index (κ2) is 6.73. The molecule has 1 aromatic rings. The Morgan fingerprint density at radius 3 is 2.86 bits per heavy atom. The van der Waals surface area contributed by atoms with Gasteiger partial charge in [-0.25, -0.2) is 0 Å². The molecule has 0 radical (unpaired) electrons. The number of anilines is 2. The first-order valence-corrected chi connectivity index (χ1v) is 9.07. The lowest BCUT2D eigenvalue weighted by Gasteiger charge is -2.15. The van der Waals surface area contributed by atoms with Gasteiger partial charge in [-0.1, -0.05) is 12.8 Å². The van der Waals surface area contributed by atoms with Gasteiger partial charge in [-0.15, -0.1) is 11.8 Å². The minimum atomic E-state index is 0.0496. The Labute approximate surface area is 135 Å². The maximum Gasteiger partial charge on any atom is 0.234 e. The van der Waals surface area contributed by atoms with E-state index in [0.717, 1.165) is 16.9 Å². The number of thioether (sulfide) groups is 1. The average Bonchev–Trinajstić information content (AvgIpc) is 3.11. The molecule has 0 aromatic heterocycles. The van der Waals surface area contributed by atoms with Gasteiger partial charge in [0.05, 0.1) is 12.2 Å². The fraction of sp³-hybridized carbons (Fsp3) is 0.529. The summed E-state index contributed by atoms with van der Waals surface area (Å²) in [6.07, 6.45) is 5.51. The highest BCUT2D eigenvalue weighted by molar-refractivity contribution is 8.00. The number of nitrogens with zero attached hydrogens (tertiary/aromatic N) is 1. The van der Waals surface area contributed by atoms with E-state index < -0.39 is 0 Å². The third-order valence-corrected chi connectivity index (χ3v) is 5.74. The van der Waals surface area contributed by atoms with Crippen LogP contribution in [0, 0.1) is 0 Å². The molecule has 3 rings (SSSR count). The lowest BCUT2D eigenvalue weighted by molar-refractivity contribution is -0.117. The Hall–Kier alpha value is -1.49. The van der Waals surface area contributed by atoms with Crippen LogP contribution in [0.1, 0.15) is 38.2 Å². The molecule has 1 fully saturated rings. The van der Waals surface area contributed by atoms with E-state index in [4.69, 9.17) is 0 Å². The molecule has 1 N–H and O–H groups in total. The first-order valence-electron chi connectivity index (χ1n) is 8.02. The summed E-state index contributed by atoms with van der Waals surface area (Å²) in [5, 5.41) is 3.61. The predicted octanol–water partition coefficient (Wildman–Crippen LogP) is 3.21. The van der Waals surface area contributed by atoms with Crippen LogP contribution in [0.15, 0.2) is 18.2 Å². The van der Waals surface area contributed by atoms with E-state index in [1.165, 1.54) is 25.7 Å². The van der Waals surface area contributed by atoms with Crippen molar-refractivity contribution in [1.29, 1.82) is 0 Å². The van der Waals surface area contributed by atoms with Crippen LogP contribution in [-0.4, -0.2) is 29.4 Å². The van der Waals surface area contributed by atoms with Gasteiger partial charge >= 0.3 is 0 Å². The summed E-state index contributed by atoms with van der Waals surface area (Å²) >= 11 is 1.77. The highest BCUT2D eigenvalue weighted by Gasteiger charge is 2.26. The maximum absolute atomic E-state index is 12.0. The molecule has 1 saturated carbocycles. The number of carbonyl (C=O) groups excluding carboxylic acids is 2. The topological polar surface area (TPSA) is 49.4 Å². The maximum atomic E-state index is 12.0. The minimum Gasteiger partial charge on any atom is -0.325 e. The normalized spacial score (nSPS) is 17.9. The quantitative estimate of drug-likeness (QED) is 0.907. The molecule has 0 unspecified atom stereocenters. The number of hydrogen-bond acceptors (Lipinski definition) is 3. The van der Waals surface area contributed by atoms with Crippen molar-refractivity contribution in [2.75, 3.05) is 22.5 Å². The van der Waals surface area contributed by atoms with Gasteiger partial charge in [0.25, 0.3) is 0 Å². The molecule has 0 spiro atoms. The second-order valence-corrected chi connectivity index (χ2v) is 7.21. The molecule has 0 atom stereocenters. The Morgan fingerprint density at radius 2 is 2.14 bits per heavy atom. The fourth-order valence-corrected chi connectivity index (χ4v) is 4.38. The van der Waals surface area contributed by atoms with Crippen molar-refractivity contribution in [3.63, 3.8) is 0 Å². The Morgan fingerprint density at radius 1 is 1.36 bits per heavy atom. The van der Waals surface area contributed by atoms with Gasteiger partial charge in [0, 0.05) is 23.2 Å². The van der Waals surface area contributed by atoms with Crippen LogP contribution in [-0.2, 0) is 16.0 Å². The van der Waals surface area contributed by atoms with E-state index in [1.54, 1.807) is 16.7 Å². The zero-order valence-electron chi connectivity index (χ0n) is 12.9. The summed E-state index contributed by atoms with van der Waals surface area (Å²) in [4.78, 5) is 25.7. The molecule has 2 aliphatic rings. The van der Waals surface area contributed by atoms with E-state index in [0.29, 0.717) is 24.0 Å². The number of fused-ring (bicyclic) bond motifs is 1. The van der Waals surface area contributed by atoms with E-state index in [-0.39, 0.29) is 11.8 Å². The molecule has 22 heavy (non-hydrogen) atoms. The second-order valence-electron chi connectivity index (χ2n) is 5.92. The van der Waals surface area contributed by atoms with Crippen molar-refractivity contribution in [2.24, 2.45) is 0 Å². The smallest absolute Gasteiger partial charge is 0.234 e. The molecule has 1 aliphatic heterocycles. The predicted molar refractivity (Wildman–Crippen MR) is 91.5 cm³/mol. The minimum absolute atomic E-state index is 0.0496. The molecule has 5 heteroatoms. The van der Waals surface area contributed by atoms with E-state index in [1.807, 2.05) is 25.1 Å². The van der Waals surface area contributed by atoms with Gasteiger partial charge in [-0.05, 0) is 43.5 Å². The molecular weight excluding hydrogens is 296 g/mol. The molecule has 1 heterocycles.